The van der Waals surface area contributed by atoms with Gasteiger partial charge in [0, 0.05) is 25.7 Å². The molecule has 0 aliphatic heterocycles. The van der Waals surface area contributed by atoms with E-state index in [0.717, 1.165) is 17.1 Å². The number of carbonyl (C=O) groups is 1. The molecule has 0 saturated carbocycles. The molecule has 0 spiro atoms. The Morgan fingerprint density at radius 3 is 2.42 bits per heavy atom. The zero-order valence-electron chi connectivity index (χ0n) is 14.2. The highest BCUT2D eigenvalue weighted by atomic mass is 16.1. The lowest BCUT2D eigenvalue weighted by Crippen LogP contribution is -2.14. The predicted molar refractivity (Wildman–Crippen MR) is 93.7 cm³/mol. The zero-order valence-corrected chi connectivity index (χ0v) is 14.2. The third-order valence-corrected chi connectivity index (χ3v) is 3.80. The first-order valence-electron chi connectivity index (χ1n) is 7.65. The summed E-state index contributed by atoms with van der Waals surface area (Å²) in [6, 6.07) is 11.7. The lowest BCUT2D eigenvalue weighted by molar-refractivity contribution is 0.101. The molecule has 0 amide bonds. The second-order valence-corrected chi connectivity index (χ2v) is 5.78. The van der Waals surface area contributed by atoms with Crippen molar-refractivity contribution in [3.8, 4) is 17.2 Å². The van der Waals surface area contributed by atoms with Crippen LogP contribution in [0.25, 0.3) is 17.2 Å². The molecule has 0 aliphatic rings. The van der Waals surface area contributed by atoms with E-state index in [1.807, 2.05) is 62.3 Å². The second kappa shape index (κ2) is 6.23. The standard InChI is InChI=1S/C18H19N5O/c1-12-15(13(2)24)11-19-23(12)17-10-16(22(3)4)20-18(21-17)14-8-6-5-7-9-14/h5-11H,1-4H3. The number of rotatable bonds is 4. The lowest BCUT2D eigenvalue weighted by atomic mass is 10.2. The van der Waals surface area contributed by atoms with Crippen LogP contribution in [-0.4, -0.2) is 39.6 Å². The molecule has 2 heterocycles. The molecule has 0 radical (unpaired) electrons. The van der Waals surface area contributed by atoms with Crippen molar-refractivity contribution in [3.63, 3.8) is 0 Å². The number of aromatic nitrogens is 4. The molecule has 0 saturated heterocycles. The van der Waals surface area contributed by atoms with Crippen LogP contribution in [0.3, 0.4) is 0 Å². The Kier molecular flexibility index (Phi) is 4.12. The van der Waals surface area contributed by atoms with Gasteiger partial charge in [-0.25, -0.2) is 14.6 Å². The van der Waals surface area contributed by atoms with Gasteiger partial charge in [-0.2, -0.15) is 5.10 Å². The number of ketones is 1. The minimum Gasteiger partial charge on any atom is -0.363 e. The molecule has 122 valence electrons. The van der Waals surface area contributed by atoms with Gasteiger partial charge in [-0.05, 0) is 13.8 Å². The van der Waals surface area contributed by atoms with Gasteiger partial charge >= 0.3 is 0 Å². The highest BCUT2D eigenvalue weighted by Gasteiger charge is 2.15. The topological polar surface area (TPSA) is 63.9 Å². The van der Waals surface area contributed by atoms with Crippen LogP contribution in [0.2, 0.25) is 0 Å². The second-order valence-electron chi connectivity index (χ2n) is 5.78. The Balaban J connectivity index is 2.18. The largest absolute Gasteiger partial charge is 0.363 e. The maximum atomic E-state index is 11.7. The van der Waals surface area contributed by atoms with Gasteiger partial charge in [-0.15, -0.1) is 0 Å². The molecule has 6 nitrogen and oxygen atoms in total. The van der Waals surface area contributed by atoms with E-state index in [1.165, 1.54) is 6.92 Å². The van der Waals surface area contributed by atoms with Crippen LogP contribution in [-0.2, 0) is 0 Å². The van der Waals surface area contributed by atoms with Crippen molar-refractivity contribution in [3.05, 3.63) is 53.9 Å². The Morgan fingerprint density at radius 1 is 1.12 bits per heavy atom. The Hall–Kier alpha value is -3.02. The van der Waals surface area contributed by atoms with Crippen molar-refractivity contribution in [2.75, 3.05) is 19.0 Å². The predicted octanol–water partition coefficient (Wildman–Crippen LogP) is 2.91. The maximum absolute atomic E-state index is 11.7. The fourth-order valence-corrected chi connectivity index (χ4v) is 2.46. The van der Waals surface area contributed by atoms with E-state index >= 15 is 0 Å². The molecule has 3 rings (SSSR count). The molecule has 0 bridgehead atoms. The van der Waals surface area contributed by atoms with Gasteiger partial charge in [-0.3, -0.25) is 4.79 Å². The fourth-order valence-electron chi connectivity index (χ4n) is 2.46. The summed E-state index contributed by atoms with van der Waals surface area (Å²) in [5.41, 5.74) is 2.30. The molecule has 0 unspecified atom stereocenters. The Morgan fingerprint density at radius 2 is 1.83 bits per heavy atom. The summed E-state index contributed by atoms with van der Waals surface area (Å²) in [7, 11) is 3.86. The van der Waals surface area contributed by atoms with Gasteiger partial charge in [0.25, 0.3) is 0 Å². The van der Waals surface area contributed by atoms with Crippen molar-refractivity contribution >= 4 is 11.6 Å². The number of benzene rings is 1. The van der Waals surface area contributed by atoms with Crippen molar-refractivity contribution in [2.24, 2.45) is 0 Å². The summed E-state index contributed by atoms with van der Waals surface area (Å²) >= 11 is 0. The summed E-state index contributed by atoms with van der Waals surface area (Å²) in [6.07, 6.45) is 1.58. The smallest absolute Gasteiger partial charge is 0.163 e. The van der Waals surface area contributed by atoms with Gasteiger partial charge in [0.2, 0.25) is 0 Å². The lowest BCUT2D eigenvalue weighted by Gasteiger charge is -2.15. The van der Waals surface area contributed by atoms with Crippen LogP contribution in [0.1, 0.15) is 23.0 Å². The third-order valence-electron chi connectivity index (χ3n) is 3.80. The quantitative estimate of drug-likeness (QED) is 0.691. The number of Topliss-reactive ketones (excluding diaryl/α,β-unsaturated/α-hetero) is 1. The zero-order chi connectivity index (χ0) is 17.3. The number of nitrogens with zero attached hydrogens (tertiary/aromatic N) is 5. The van der Waals surface area contributed by atoms with E-state index in [9.17, 15) is 4.79 Å². The summed E-state index contributed by atoms with van der Waals surface area (Å²) in [6.45, 7) is 3.40. The van der Waals surface area contributed by atoms with Crippen LogP contribution in [0.5, 0.6) is 0 Å². The molecule has 24 heavy (non-hydrogen) atoms. The Labute approximate surface area is 140 Å². The first kappa shape index (κ1) is 15.9. The fraction of sp³-hybridized carbons (Fsp3) is 0.222. The summed E-state index contributed by atoms with van der Waals surface area (Å²) < 4.78 is 1.68. The first-order chi connectivity index (χ1) is 11.5. The molecule has 6 heteroatoms. The molecule has 0 aliphatic carbocycles. The summed E-state index contributed by atoms with van der Waals surface area (Å²) in [4.78, 5) is 22.8. The van der Waals surface area contributed by atoms with E-state index < -0.39 is 0 Å². The van der Waals surface area contributed by atoms with Gasteiger partial charge in [0.1, 0.15) is 5.82 Å². The summed E-state index contributed by atoms with van der Waals surface area (Å²) in [5, 5.41) is 4.33. The van der Waals surface area contributed by atoms with Crippen molar-refractivity contribution < 1.29 is 4.79 Å². The number of anilines is 1. The van der Waals surface area contributed by atoms with Crippen LogP contribution >= 0.6 is 0 Å². The van der Waals surface area contributed by atoms with Crippen molar-refractivity contribution in [1.82, 2.24) is 19.7 Å². The van der Waals surface area contributed by atoms with Gasteiger partial charge in [-0.1, -0.05) is 30.3 Å². The Bertz CT molecular complexity index is 884. The van der Waals surface area contributed by atoms with Crippen LogP contribution in [0.15, 0.2) is 42.6 Å². The number of hydrogen-bond donors (Lipinski definition) is 0. The van der Waals surface area contributed by atoms with E-state index in [0.29, 0.717) is 17.2 Å². The normalized spacial score (nSPS) is 10.7. The van der Waals surface area contributed by atoms with E-state index in [-0.39, 0.29) is 5.78 Å². The van der Waals surface area contributed by atoms with Crippen LogP contribution in [0.4, 0.5) is 5.82 Å². The summed E-state index contributed by atoms with van der Waals surface area (Å²) in [5.74, 6) is 2.02. The van der Waals surface area contributed by atoms with Crippen LogP contribution in [0, 0.1) is 6.92 Å². The number of carbonyl (C=O) groups excluding carboxylic acids is 1. The highest BCUT2D eigenvalue weighted by Crippen LogP contribution is 2.22. The molecular formula is C18H19N5O. The third kappa shape index (κ3) is 2.90. The van der Waals surface area contributed by atoms with Crippen molar-refractivity contribution in [2.45, 2.75) is 13.8 Å². The molecule has 0 N–H and O–H groups in total. The minimum atomic E-state index is -0.0103. The number of hydrogen-bond acceptors (Lipinski definition) is 5. The molecule has 2 aromatic heterocycles. The van der Waals surface area contributed by atoms with E-state index in [1.54, 1.807) is 10.9 Å². The molecule has 0 fully saturated rings. The van der Waals surface area contributed by atoms with E-state index in [4.69, 9.17) is 0 Å². The average molecular weight is 321 g/mol. The highest BCUT2D eigenvalue weighted by molar-refractivity contribution is 5.95. The molecule has 1 aromatic carbocycles. The van der Waals surface area contributed by atoms with E-state index in [2.05, 4.69) is 15.1 Å². The molecule has 0 atom stereocenters. The maximum Gasteiger partial charge on any atom is 0.163 e. The molecule has 3 aromatic rings. The van der Waals surface area contributed by atoms with Gasteiger partial charge < -0.3 is 4.90 Å². The van der Waals surface area contributed by atoms with Gasteiger partial charge in [0.15, 0.2) is 17.4 Å². The first-order valence-corrected chi connectivity index (χ1v) is 7.65. The minimum absolute atomic E-state index is 0.0103. The SMILES string of the molecule is CC(=O)c1cnn(-c2cc(N(C)C)nc(-c3ccccc3)n2)c1C. The van der Waals surface area contributed by atoms with Crippen molar-refractivity contribution in [1.29, 1.82) is 0 Å². The monoisotopic (exact) mass is 321 g/mol. The van der Waals surface area contributed by atoms with Gasteiger partial charge in [0.05, 0.1) is 17.5 Å². The molecular weight excluding hydrogens is 302 g/mol. The van der Waals surface area contributed by atoms with Crippen LogP contribution < -0.4 is 4.90 Å². The average Bonchev–Trinajstić information content (AvgIpc) is 2.97.